The first kappa shape index (κ1) is 17.5. The highest BCUT2D eigenvalue weighted by molar-refractivity contribution is 5.58. The van der Waals surface area contributed by atoms with E-state index in [0.29, 0.717) is 12.0 Å². The fourth-order valence-electron chi connectivity index (χ4n) is 5.66. The summed E-state index contributed by atoms with van der Waals surface area (Å²) in [5.74, 6) is 1.46. The van der Waals surface area contributed by atoms with Gasteiger partial charge in [-0.3, -0.25) is 0 Å². The Morgan fingerprint density at radius 1 is 0.893 bits per heavy atom. The molecule has 0 bridgehead atoms. The quantitative estimate of drug-likeness (QED) is 0.705. The maximum atomic E-state index is 5.67. The molecule has 0 spiro atoms. The molecule has 28 heavy (non-hydrogen) atoms. The highest BCUT2D eigenvalue weighted by Gasteiger charge is 2.51. The molecule has 3 aromatic rings. The van der Waals surface area contributed by atoms with E-state index in [2.05, 4.69) is 84.2 Å². The molecule has 1 saturated heterocycles. The Hall–Kier alpha value is -2.58. The van der Waals surface area contributed by atoms with Crippen molar-refractivity contribution in [3.05, 3.63) is 101 Å². The second-order valence-corrected chi connectivity index (χ2v) is 8.08. The molecule has 1 N–H and O–H groups in total. The van der Waals surface area contributed by atoms with Gasteiger partial charge < -0.3 is 10.1 Å². The molecule has 0 amide bonds. The molecule has 1 aliphatic heterocycles. The minimum Gasteiger partial charge on any atom is -0.497 e. The SMILES string of the molecule is COc1ccc2c(c1)C(c1ccccc1)(c1ccccc1)[C@@H]1CCCN[C@@H]1C2. The third kappa shape index (κ3) is 2.59. The zero-order valence-corrected chi connectivity index (χ0v) is 16.4. The van der Waals surface area contributed by atoms with Crippen molar-refractivity contribution in [1.82, 2.24) is 5.32 Å². The molecule has 2 atom stereocenters. The van der Waals surface area contributed by atoms with Crippen LogP contribution >= 0.6 is 0 Å². The van der Waals surface area contributed by atoms with Crippen molar-refractivity contribution in [2.75, 3.05) is 13.7 Å². The van der Waals surface area contributed by atoms with Crippen LogP contribution in [-0.2, 0) is 11.8 Å². The van der Waals surface area contributed by atoms with Gasteiger partial charge in [-0.1, -0.05) is 66.7 Å². The van der Waals surface area contributed by atoms with E-state index in [4.69, 9.17) is 4.74 Å². The van der Waals surface area contributed by atoms with Crippen LogP contribution < -0.4 is 10.1 Å². The summed E-state index contributed by atoms with van der Waals surface area (Å²) in [6, 6.07) is 29.4. The Labute approximate surface area is 167 Å². The number of rotatable bonds is 3. The molecule has 1 aliphatic carbocycles. The standard InChI is InChI=1S/C26H27NO/c1-28-22-15-14-19-17-25-23(13-8-16-27-25)26(24(19)18-22,20-9-4-2-5-10-20)21-11-6-3-7-12-21/h2-7,9-12,14-15,18,23,25,27H,8,13,16-17H2,1H3/t23-,25-/m1/s1. The van der Waals surface area contributed by atoms with Gasteiger partial charge in [-0.2, -0.15) is 0 Å². The zero-order chi connectivity index (χ0) is 19.0. The number of methoxy groups -OCH3 is 1. The van der Waals surface area contributed by atoms with Crippen LogP contribution in [0.3, 0.4) is 0 Å². The van der Waals surface area contributed by atoms with Crippen molar-refractivity contribution in [2.45, 2.75) is 30.7 Å². The van der Waals surface area contributed by atoms with E-state index in [-0.39, 0.29) is 5.41 Å². The molecule has 3 aromatic carbocycles. The summed E-state index contributed by atoms with van der Waals surface area (Å²) in [6.07, 6.45) is 3.55. The lowest BCUT2D eigenvalue weighted by Crippen LogP contribution is -2.56. The number of hydrogen-bond donors (Lipinski definition) is 1. The molecule has 5 rings (SSSR count). The molecule has 2 nitrogen and oxygen atoms in total. The van der Waals surface area contributed by atoms with Gasteiger partial charge in [0.25, 0.3) is 0 Å². The van der Waals surface area contributed by atoms with E-state index in [9.17, 15) is 0 Å². The number of hydrogen-bond acceptors (Lipinski definition) is 2. The first-order valence-electron chi connectivity index (χ1n) is 10.4. The monoisotopic (exact) mass is 369 g/mol. The average molecular weight is 370 g/mol. The summed E-state index contributed by atoms with van der Waals surface area (Å²) in [5.41, 5.74) is 5.45. The van der Waals surface area contributed by atoms with Gasteiger partial charge >= 0.3 is 0 Å². The highest BCUT2D eigenvalue weighted by Crippen LogP contribution is 2.53. The van der Waals surface area contributed by atoms with E-state index in [1.165, 1.54) is 35.1 Å². The number of fused-ring (bicyclic) bond motifs is 2. The lowest BCUT2D eigenvalue weighted by atomic mass is 9.53. The molecule has 0 unspecified atom stereocenters. The second-order valence-electron chi connectivity index (χ2n) is 8.08. The molecule has 0 aromatic heterocycles. The molecular weight excluding hydrogens is 342 g/mol. The number of piperidine rings is 1. The second kappa shape index (κ2) is 7.10. The van der Waals surface area contributed by atoms with E-state index >= 15 is 0 Å². The number of benzene rings is 3. The average Bonchev–Trinajstić information content (AvgIpc) is 2.78. The van der Waals surface area contributed by atoms with Gasteiger partial charge in [-0.15, -0.1) is 0 Å². The lowest BCUT2D eigenvalue weighted by molar-refractivity contribution is 0.195. The summed E-state index contributed by atoms with van der Waals surface area (Å²) in [5, 5.41) is 3.85. The third-order valence-electron chi connectivity index (χ3n) is 6.78. The molecule has 0 radical (unpaired) electrons. The number of ether oxygens (including phenoxy) is 1. The minimum absolute atomic E-state index is 0.164. The van der Waals surface area contributed by atoms with Gasteiger partial charge in [0.05, 0.1) is 7.11 Å². The first-order chi connectivity index (χ1) is 13.8. The van der Waals surface area contributed by atoms with Crippen LogP contribution in [0.4, 0.5) is 0 Å². The highest BCUT2D eigenvalue weighted by atomic mass is 16.5. The molecular formula is C26H27NO. The lowest BCUT2D eigenvalue weighted by Gasteiger charge is -2.52. The maximum absolute atomic E-state index is 5.67. The van der Waals surface area contributed by atoms with Crippen molar-refractivity contribution < 1.29 is 4.74 Å². The van der Waals surface area contributed by atoms with E-state index < -0.39 is 0 Å². The normalized spacial score (nSPS) is 22.8. The molecule has 1 heterocycles. The minimum atomic E-state index is -0.164. The van der Waals surface area contributed by atoms with Crippen molar-refractivity contribution in [1.29, 1.82) is 0 Å². The Balaban J connectivity index is 1.87. The van der Waals surface area contributed by atoms with Crippen LogP contribution in [0.1, 0.15) is 35.1 Å². The molecule has 2 aliphatic rings. The van der Waals surface area contributed by atoms with Gasteiger partial charge in [0.1, 0.15) is 5.75 Å². The fourth-order valence-corrected chi connectivity index (χ4v) is 5.66. The molecule has 1 fully saturated rings. The zero-order valence-electron chi connectivity index (χ0n) is 16.4. The Morgan fingerprint density at radius 3 is 2.21 bits per heavy atom. The van der Waals surface area contributed by atoms with Crippen LogP contribution in [0.2, 0.25) is 0 Å². The van der Waals surface area contributed by atoms with E-state index in [1.807, 2.05) is 0 Å². The maximum Gasteiger partial charge on any atom is 0.119 e. The van der Waals surface area contributed by atoms with Gasteiger partial charge in [0.15, 0.2) is 0 Å². The molecule has 142 valence electrons. The summed E-state index contributed by atoms with van der Waals surface area (Å²) >= 11 is 0. The van der Waals surface area contributed by atoms with E-state index in [1.54, 1.807) is 7.11 Å². The van der Waals surface area contributed by atoms with Gasteiger partial charge in [0, 0.05) is 11.5 Å². The predicted octanol–water partition coefficient (Wildman–Crippen LogP) is 4.95. The van der Waals surface area contributed by atoms with Crippen LogP contribution in [-0.4, -0.2) is 19.7 Å². The van der Waals surface area contributed by atoms with Crippen molar-refractivity contribution >= 4 is 0 Å². The summed E-state index contributed by atoms with van der Waals surface area (Å²) in [4.78, 5) is 0. The van der Waals surface area contributed by atoms with E-state index in [0.717, 1.165) is 18.7 Å². The Bertz CT molecular complexity index is 911. The first-order valence-corrected chi connectivity index (χ1v) is 10.4. The summed E-state index contributed by atoms with van der Waals surface area (Å²) in [6.45, 7) is 1.12. The topological polar surface area (TPSA) is 21.3 Å². The van der Waals surface area contributed by atoms with Crippen LogP contribution in [0.25, 0.3) is 0 Å². The molecule has 2 heteroatoms. The Morgan fingerprint density at radius 2 is 1.57 bits per heavy atom. The van der Waals surface area contributed by atoms with Crippen molar-refractivity contribution in [2.24, 2.45) is 5.92 Å². The van der Waals surface area contributed by atoms with Crippen LogP contribution in [0.5, 0.6) is 5.75 Å². The van der Waals surface area contributed by atoms with Gasteiger partial charge in [-0.05, 0) is 66.1 Å². The largest absolute Gasteiger partial charge is 0.497 e. The van der Waals surface area contributed by atoms with Crippen molar-refractivity contribution in [3.63, 3.8) is 0 Å². The van der Waals surface area contributed by atoms with Gasteiger partial charge in [-0.25, -0.2) is 0 Å². The van der Waals surface area contributed by atoms with Gasteiger partial charge in [0.2, 0.25) is 0 Å². The smallest absolute Gasteiger partial charge is 0.119 e. The molecule has 0 saturated carbocycles. The summed E-state index contributed by atoms with van der Waals surface area (Å²) in [7, 11) is 1.77. The third-order valence-corrected chi connectivity index (χ3v) is 6.78. The van der Waals surface area contributed by atoms with Crippen LogP contribution in [0, 0.1) is 5.92 Å². The number of nitrogens with one attached hydrogen (secondary N) is 1. The Kier molecular flexibility index (Phi) is 4.44. The summed E-state index contributed by atoms with van der Waals surface area (Å²) < 4.78 is 5.67. The van der Waals surface area contributed by atoms with Crippen LogP contribution in [0.15, 0.2) is 78.9 Å². The fraction of sp³-hybridized carbons (Fsp3) is 0.308. The van der Waals surface area contributed by atoms with Crippen molar-refractivity contribution in [3.8, 4) is 5.75 Å². The predicted molar refractivity (Wildman–Crippen MR) is 114 cm³/mol.